The summed E-state index contributed by atoms with van der Waals surface area (Å²) in [5, 5.41) is 4.70. The molecule has 0 aromatic carbocycles. The van der Waals surface area contributed by atoms with E-state index in [4.69, 9.17) is 11.6 Å². The van der Waals surface area contributed by atoms with E-state index in [2.05, 4.69) is 15.3 Å². The van der Waals surface area contributed by atoms with Gasteiger partial charge in [0.1, 0.15) is 16.5 Å². The molecule has 6 heteroatoms. The number of nitrogens with zero attached hydrogens (tertiary/aromatic N) is 3. The number of carbonyl (C=O) groups excluding carboxylic acids is 1. The molecule has 0 atom stereocenters. The monoisotopic (exact) mass is 382 g/mol. The highest BCUT2D eigenvalue weighted by molar-refractivity contribution is 6.29. The molecule has 1 saturated carbocycles. The Bertz CT molecular complexity index is 975. The van der Waals surface area contributed by atoms with E-state index in [9.17, 15) is 4.79 Å². The number of nitrogens with one attached hydrogen (secondary N) is 1. The lowest BCUT2D eigenvalue weighted by Crippen LogP contribution is -2.36. The van der Waals surface area contributed by atoms with Crippen LogP contribution in [0.15, 0.2) is 36.7 Å². The minimum Gasteiger partial charge on any atom is -0.348 e. The van der Waals surface area contributed by atoms with Crippen LogP contribution in [0.3, 0.4) is 0 Å². The summed E-state index contributed by atoms with van der Waals surface area (Å²) in [7, 11) is 1.95. The number of aryl methyl sites for hydroxylation is 1. The smallest absolute Gasteiger partial charge is 0.270 e. The van der Waals surface area contributed by atoms with Crippen molar-refractivity contribution in [2.75, 3.05) is 0 Å². The summed E-state index contributed by atoms with van der Waals surface area (Å²) in [6.07, 6.45) is 10.1. The van der Waals surface area contributed by atoms with E-state index in [1.807, 2.05) is 42.1 Å². The summed E-state index contributed by atoms with van der Waals surface area (Å²) >= 11 is 6.03. The number of pyridine rings is 2. The molecule has 1 aliphatic carbocycles. The second-order valence-corrected chi connectivity index (χ2v) is 7.69. The van der Waals surface area contributed by atoms with E-state index in [1.165, 1.54) is 19.3 Å². The average molecular weight is 383 g/mol. The summed E-state index contributed by atoms with van der Waals surface area (Å²) in [4.78, 5) is 21.5. The first-order valence-electron chi connectivity index (χ1n) is 9.46. The van der Waals surface area contributed by atoms with E-state index in [-0.39, 0.29) is 11.9 Å². The Morgan fingerprint density at radius 2 is 2.07 bits per heavy atom. The fourth-order valence-electron chi connectivity index (χ4n) is 3.84. The van der Waals surface area contributed by atoms with Gasteiger partial charge in [-0.05, 0) is 54.7 Å². The topological polar surface area (TPSA) is 59.8 Å². The van der Waals surface area contributed by atoms with Crippen molar-refractivity contribution in [3.8, 4) is 0 Å². The van der Waals surface area contributed by atoms with E-state index in [1.54, 1.807) is 6.20 Å². The molecule has 1 N–H and O–H groups in total. The molecular weight excluding hydrogens is 360 g/mol. The molecule has 0 radical (unpaired) electrons. The van der Waals surface area contributed by atoms with Crippen molar-refractivity contribution in [2.45, 2.75) is 44.6 Å². The molecule has 0 unspecified atom stereocenters. The highest BCUT2D eigenvalue weighted by atomic mass is 35.5. The number of rotatable bonds is 4. The van der Waals surface area contributed by atoms with E-state index in [0.717, 1.165) is 35.0 Å². The molecule has 3 heterocycles. The molecule has 5 nitrogen and oxygen atoms in total. The van der Waals surface area contributed by atoms with Crippen LogP contribution in [0.25, 0.3) is 11.0 Å². The number of fused-ring (bicyclic) bond motifs is 1. The molecule has 3 aromatic rings. The van der Waals surface area contributed by atoms with Gasteiger partial charge in [-0.1, -0.05) is 30.9 Å². The van der Waals surface area contributed by atoms with Crippen molar-refractivity contribution in [3.05, 3.63) is 58.6 Å². The SMILES string of the molecule is Cn1ccc2c(Cc3ccnc(Cl)c3)cc(C(=O)NC3CCCCC3)nc21. The predicted molar refractivity (Wildman–Crippen MR) is 107 cm³/mol. The maximum absolute atomic E-state index is 12.8. The Balaban J connectivity index is 1.67. The third-order valence-electron chi connectivity index (χ3n) is 5.28. The van der Waals surface area contributed by atoms with Gasteiger partial charge >= 0.3 is 0 Å². The van der Waals surface area contributed by atoms with Gasteiger partial charge in [0, 0.05) is 30.9 Å². The van der Waals surface area contributed by atoms with Crippen LogP contribution < -0.4 is 5.32 Å². The molecule has 140 valence electrons. The zero-order valence-electron chi connectivity index (χ0n) is 15.4. The van der Waals surface area contributed by atoms with Crippen molar-refractivity contribution < 1.29 is 4.79 Å². The van der Waals surface area contributed by atoms with E-state index >= 15 is 0 Å². The fraction of sp³-hybridized carbons (Fsp3) is 0.381. The molecule has 0 aliphatic heterocycles. The predicted octanol–water partition coefficient (Wildman–Crippen LogP) is 4.28. The minimum atomic E-state index is -0.0842. The molecule has 0 saturated heterocycles. The molecule has 1 amide bonds. The van der Waals surface area contributed by atoms with Crippen molar-refractivity contribution in [1.29, 1.82) is 0 Å². The van der Waals surface area contributed by atoms with Gasteiger partial charge in [-0.15, -0.1) is 0 Å². The summed E-state index contributed by atoms with van der Waals surface area (Å²) < 4.78 is 1.95. The van der Waals surface area contributed by atoms with Crippen LogP contribution in [0.4, 0.5) is 0 Å². The van der Waals surface area contributed by atoms with Crippen LogP contribution in [0, 0.1) is 0 Å². The van der Waals surface area contributed by atoms with Crippen LogP contribution in [-0.2, 0) is 13.5 Å². The first kappa shape index (κ1) is 18.0. The van der Waals surface area contributed by atoms with Crippen molar-refractivity contribution in [3.63, 3.8) is 0 Å². The Hall–Kier alpha value is -2.40. The minimum absolute atomic E-state index is 0.0842. The maximum atomic E-state index is 12.8. The van der Waals surface area contributed by atoms with Gasteiger partial charge in [0.25, 0.3) is 5.91 Å². The Morgan fingerprint density at radius 3 is 2.85 bits per heavy atom. The van der Waals surface area contributed by atoms with Crippen LogP contribution in [-0.4, -0.2) is 26.5 Å². The summed E-state index contributed by atoms with van der Waals surface area (Å²) in [6, 6.07) is 8.03. The standard InChI is InChI=1S/C21H23ClN4O/c1-26-10-8-17-15(11-14-7-9-23-19(22)12-14)13-18(25-20(17)26)21(27)24-16-5-3-2-4-6-16/h7-10,12-13,16H,2-6,11H2,1H3,(H,24,27). The first-order chi connectivity index (χ1) is 13.1. The number of aromatic nitrogens is 3. The molecule has 27 heavy (non-hydrogen) atoms. The van der Waals surface area contributed by atoms with Crippen molar-refractivity contribution in [2.24, 2.45) is 7.05 Å². The number of amides is 1. The second kappa shape index (κ2) is 7.69. The van der Waals surface area contributed by atoms with Gasteiger partial charge in [0.15, 0.2) is 0 Å². The molecular formula is C21H23ClN4O. The molecule has 0 spiro atoms. The molecule has 3 aromatic heterocycles. The third-order valence-corrected chi connectivity index (χ3v) is 5.49. The summed E-state index contributed by atoms with van der Waals surface area (Å²) in [5.74, 6) is -0.0842. The van der Waals surface area contributed by atoms with Crippen molar-refractivity contribution in [1.82, 2.24) is 19.9 Å². The Kier molecular flexibility index (Phi) is 5.12. The highest BCUT2D eigenvalue weighted by Crippen LogP contribution is 2.24. The largest absolute Gasteiger partial charge is 0.348 e. The molecule has 1 aliphatic rings. The number of carbonyl (C=O) groups is 1. The van der Waals surface area contributed by atoms with Gasteiger partial charge in [-0.25, -0.2) is 9.97 Å². The van der Waals surface area contributed by atoms with Gasteiger partial charge in [-0.2, -0.15) is 0 Å². The van der Waals surface area contributed by atoms with Gasteiger partial charge in [-0.3, -0.25) is 4.79 Å². The lowest BCUT2D eigenvalue weighted by atomic mass is 9.95. The average Bonchev–Trinajstić information content (AvgIpc) is 3.04. The zero-order valence-corrected chi connectivity index (χ0v) is 16.2. The van der Waals surface area contributed by atoms with Crippen molar-refractivity contribution >= 4 is 28.5 Å². The summed E-state index contributed by atoms with van der Waals surface area (Å²) in [5.41, 5.74) is 3.42. The van der Waals surface area contributed by atoms with Gasteiger partial charge in [0.05, 0.1) is 0 Å². The zero-order chi connectivity index (χ0) is 18.8. The number of halogens is 1. The first-order valence-corrected chi connectivity index (χ1v) is 9.84. The van der Waals surface area contributed by atoms with Crippen LogP contribution in [0.5, 0.6) is 0 Å². The lowest BCUT2D eigenvalue weighted by molar-refractivity contribution is 0.0923. The third kappa shape index (κ3) is 3.98. The van der Waals surface area contributed by atoms with Gasteiger partial charge in [0.2, 0.25) is 0 Å². The Labute approximate surface area is 163 Å². The van der Waals surface area contributed by atoms with Crippen LogP contribution in [0.2, 0.25) is 5.15 Å². The maximum Gasteiger partial charge on any atom is 0.270 e. The normalized spacial score (nSPS) is 15.2. The lowest BCUT2D eigenvalue weighted by Gasteiger charge is -2.22. The molecule has 0 bridgehead atoms. The summed E-state index contributed by atoms with van der Waals surface area (Å²) in [6.45, 7) is 0. The van der Waals surface area contributed by atoms with Crippen LogP contribution in [0.1, 0.15) is 53.7 Å². The van der Waals surface area contributed by atoms with E-state index in [0.29, 0.717) is 17.3 Å². The number of hydrogen-bond donors (Lipinski definition) is 1. The highest BCUT2D eigenvalue weighted by Gasteiger charge is 2.19. The fourth-order valence-corrected chi connectivity index (χ4v) is 4.04. The second-order valence-electron chi connectivity index (χ2n) is 7.30. The molecule has 4 rings (SSSR count). The number of hydrogen-bond acceptors (Lipinski definition) is 3. The van der Waals surface area contributed by atoms with Crippen LogP contribution >= 0.6 is 11.6 Å². The quantitative estimate of drug-likeness (QED) is 0.685. The van der Waals surface area contributed by atoms with Gasteiger partial charge < -0.3 is 9.88 Å². The van der Waals surface area contributed by atoms with E-state index < -0.39 is 0 Å². The Morgan fingerprint density at radius 1 is 1.26 bits per heavy atom. The molecule has 1 fully saturated rings.